The highest BCUT2D eigenvalue weighted by molar-refractivity contribution is 6.08. The van der Waals surface area contributed by atoms with Gasteiger partial charge in [0.1, 0.15) is 7.85 Å². The van der Waals surface area contributed by atoms with E-state index in [9.17, 15) is 0 Å². The topological polar surface area (TPSA) is 0 Å². The lowest BCUT2D eigenvalue weighted by atomic mass is 9.87. The highest BCUT2D eigenvalue weighted by Crippen LogP contribution is 2.21. The van der Waals surface area contributed by atoms with Crippen LogP contribution in [-0.2, 0) is 0 Å². The Bertz CT molecular complexity index is 78.9. The number of hydrogen-bond donors (Lipinski definition) is 0. The average Bonchev–Trinajstić information content (AvgIpc) is 1.97. The Morgan fingerprint density at radius 2 is 1.82 bits per heavy atom. The van der Waals surface area contributed by atoms with Crippen molar-refractivity contribution in [3.63, 3.8) is 0 Å². The fourth-order valence-electron chi connectivity index (χ4n) is 1.67. The Morgan fingerprint density at radius 1 is 1.18 bits per heavy atom. The molecule has 11 heavy (non-hydrogen) atoms. The lowest BCUT2D eigenvalue weighted by molar-refractivity contribution is 0.339. The molecule has 0 nitrogen and oxygen atoms in total. The summed E-state index contributed by atoms with van der Waals surface area (Å²) in [6, 6.07) is 0. The second-order valence-corrected chi connectivity index (χ2v) is 3.91. The van der Waals surface area contributed by atoms with Crippen molar-refractivity contribution in [2.45, 2.75) is 52.8 Å². The Balaban J connectivity index is 3.36. The molecule has 1 heteroatoms. The van der Waals surface area contributed by atoms with Gasteiger partial charge in [0.15, 0.2) is 0 Å². The maximum atomic E-state index is 2.35. The standard InChI is InChI=1S/C10H23B/c1-4-10(9(2)3)7-5-6-8-11/h9-10H,4-8,11H2,1-3H3. The van der Waals surface area contributed by atoms with Gasteiger partial charge >= 0.3 is 0 Å². The maximum Gasteiger partial charge on any atom is 0.101 e. The van der Waals surface area contributed by atoms with Crippen molar-refractivity contribution in [1.29, 1.82) is 0 Å². The Kier molecular flexibility index (Phi) is 6.80. The molecule has 0 spiro atoms. The molecule has 0 aromatic rings. The third-order valence-electron chi connectivity index (χ3n) is 2.65. The van der Waals surface area contributed by atoms with E-state index in [1.54, 1.807) is 0 Å². The van der Waals surface area contributed by atoms with Gasteiger partial charge in [0, 0.05) is 0 Å². The molecule has 0 aromatic carbocycles. The molecule has 0 N–H and O–H groups in total. The fraction of sp³-hybridized carbons (Fsp3) is 1.00. The van der Waals surface area contributed by atoms with Crippen LogP contribution in [0.1, 0.15) is 46.5 Å². The van der Waals surface area contributed by atoms with E-state index in [0.717, 1.165) is 11.8 Å². The molecule has 0 aliphatic heterocycles. The van der Waals surface area contributed by atoms with Gasteiger partial charge in [-0.3, -0.25) is 0 Å². The number of hydrogen-bond acceptors (Lipinski definition) is 0. The van der Waals surface area contributed by atoms with Gasteiger partial charge in [-0.2, -0.15) is 0 Å². The van der Waals surface area contributed by atoms with Gasteiger partial charge in [-0.15, -0.1) is 0 Å². The lowest BCUT2D eigenvalue weighted by Crippen LogP contribution is -2.06. The van der Waals surface area contributed by atoms with Crippen molar-refractivity contribution in [1.82, 2.24) is 0 Å². The van der Waals surface area contributed by atoms with E-state index in [1.807, 2.05) is 0 Å². The Morgan fingerprint density at radius 3 is 2.18 bits per heavy atom. The van der Waals surface area contributed by atoms with Crippen molar-refractivity contribution in [2.75, 3.05) is 0 Å². The monoisotopic (exact) mass is 154 g/mol. The van der Waals surface area contributed by atoms with Gasteiger partial charge < -0.3 is 0 Å². The van der Waals surface area contributed by atoms with E-state index < -0.39 is 0 Å². The minimum atomic E-state index is 0.886. The first-order valence-electron chi connectivity index (χ1n) is 5.22. The molecule has 0 heterocycles. The minimum absolute atomic E-state index is 0.886. The van der Waals surface area contributed by atoms with E-state index in [1.165, 1.54) is 32.0 Å². The zero-order valence-corrected chi connectivity index (χ0v) is 8.69. The van der Waals surface area contributed by atoms with Crippen LogP contribution in [0.5, 0.6) is 0 Å². The summed E-state index contributed by atoms with van der Waals surface area (Å²) in [6.45, 7) is 7.01. The van der Waals surface area contributed by atoms with Gasteiger partial charge in [0.05, 0.1) is 0 Å². The minimum Gasteiger partial charge on any atom is -0.0811 e. The summed E-state index contributed by atoms with van der Waals surface area (Å²) in [7, 11) is 2.27. The summed E-state index contributed by atoms with van der Waals surface area (Å²) in [5.74, 6) is 1.86. The van der Waals surface area contributed by atoms with Gasteiger partial charge in [-0.25, -0.2) is 0 Å². The van der Waals surface area contributed by atoms with E-state index in [2.05, 4.69) is 28.6 Å². The molecule has 0 saturated carbocycles. The smallest absolute Gasteiger partial charge is 0.0811 e. The zero-order chi connectivity index (χ0) is 8.69. The van der Waals surface area contributed by atoms with Crippen molar-refractivity contribution >= 4 is 7.85 Å². The lowest BCUT2D eigenvalue weighted by Gasteiger charge is -2.18. The zero-order valence-electron chi connectivity index (χ0n) is 8.69. The molecule has 0 aliphatic rings. The van der Waals surface area contributed by atoms with Crippen LogP contribution < -0.4 is 0 Å². The molecular weight excluding hydrogens is 131 g/mol. The Labute approximate surface area is 73.2 Å². The molecule has 0 aromatic heterocycles. The van der Waals surface area contributed by atoms with Crippen LogP contribution in [0.4, 0.5) is 0 Å². The summed E-state index contributed by atoms with van der Waals surface area (Å²) in [4.78, 5) is 0. The van der Waals surface area contributed by atoms with Crippen LogP contribution in [0.3, 0.4) is 0 Å². The van der Waals surface area contributed by atoms with Crippen LogP contribution in [0.25, 0.3) is 0 Å². The number of unbranched alkanes of at least 4 members (excludes halogenated alkanes) is 1. The Hall–Kier alpha value is 0.0649. The fourth-order valence-corrected chi connectivity index (χ4v) is 1.67. The first-order chi connectivity index (χ1) is 5.22. The summed E-state index contributed by atoms with van der Waals surface area (Å²) in [5, 5.41) is 0. The van der Waals surface area contributed by atoms with Crippen molar-refractivity contribution < 1.29 is 0 Å². The van der Waals surface area contributed by atoms with Gasteiger partial charge in [-0.05, 0) is 11.8 Å². The summed E-state index contributed by atoms with van der Waals surface area (Å²) >= 11 is 0. The van der Waals surface area contributed by atoms with E-state index in [-0.39, 0.29) is 0 Å². The molecule has 1 unspecified atom stereocenters. The van der Waals surface area contributed by atoms with Crippen molar-refractivity contribution in [3.8, 4) is 0 Å². The molecule has 0 amide bonds. The van der Waals surface area contributed by atoms with Crippen LogP contribution in [0.15, 0.2) is 0 Å². The second-order valence-electron chi connectivity index (χ2n) is 3.91. The van der Waals surface area contributed by atoms with E-state index >= 15 is 0 Å². The predicted molar refractivity (Wildman–Crippen MR) is 55.8 cm³/mol. The third-order valence-corrected chi connectivity index (χ3v) is 2.65. The van der Waals surface area contributed by atoms with Crippen molar-refractivity contribution in [3.05, 3.63) is 0 Å². The van der Waals surface area contributed by atoms with Gasteiger partial charge in [0.25, 0.3) is 0 Å². The third kappa shape index (κ3) is 5.35. The molecule has 0 fully saturated rings. The molecular formula is C10H23B. The normalized spacial score (nSPS) is 13.8. The van der Waals surface area contributed by atoms with E-state index in [0.29, 0.717) is 0 Å². The molecule has 0 bridgehead atoms. The molecule has 0 saturated heterocycles. The second kappa shape index (κ2) is 6.76. The van der Waals surface area contributed by atoms with Crippen LogP contribution in [0, 0.1) is 11.8 Å². The van der Waals surface area contributed by atoms with Gasteiger partial charge in [0.2, 0.25) is 0 Å². The first-order valence-corrected chi connectivity index (χ1v) is 5.22. The molecule has 0 radical (unpaired) electrons. The summed E-state index contributed by atoms with van der Waals surface area (Å²) in [5.41, 5.74) is 0. The summed E-state index contributed by atoms with van der Waals surface area (Å²) in [6.07, 6.45) is 7.02. The average molecular weight is 154 g/mol. The highest BCUT2D eigenvalue weighted by atomic mass is 14.1. The molecule has 1 atom stereocenters. The predicted octanol–water partition coefficient (Wildman–Crippen LogP) is 2.89. The van der Waals surface area contributed by atoms with E-state index in [4.69, 9.17) is 0 Å². The highest BCUT2D eigenvalue weighted by Gasteiger charge is 2.09. The largest absolute Gasteiger partial charge is 0.101 e. The van der Waals surface area contributed by atoms with Crippen LogP contribution in [-0.4, -0.2) is 7.85 Å². The molecule has 0 aliphatic carbocycles. The van der Waals surface area contributed by atoms with Crippen molar-refractivity contribution in [2.24, 2.45) is 11.8 Å². The quantitative estimate of drug-likeness (QED) is 0.407. The van der Waals surface area contributed by atoms with Crippen LogP contribution >= 0.6 is 0 Å². The maximum absolute atomic E-state index is 2.35. The SMILES string of the molecule is BCCCCC(CC)C(C)C. The van der Waals surface area contributed by atoms with Crippen LogP contribution in [0.2, 0.25) is 6.32 Å². The number of rotatable bonds is 6. The molecule has 0 rings (SSSR count). The summed E-state index contributed by atoms with van der Waals surface area (Å²) < 4.78 is 0. The first kappa shape index (κ1) is 11.1. The van der Waals surface area contributed by atoms with Gasteiger partial charge in [-0.1, -0.05) is 52.8 Å². The molecule has 66 valence electrons.